The number of carbonyl (C=O) groups is 2. The summed E-state index contributed by atoms with van der Waals surface area (Å²) >= 11 is 0. The minimum atomic E-state index is -0.600. The van der Waals surface area contributed by atoms with Crippen LogP contribution in [-0.4, -0.2) is 47.1 Å². The van der Waals surface area contributed by atoms with Gasteiger partial charge in [-0.25, -0.2) is 0 Å². The molecule has 0 radical (unpaired) electrons. The maximum absolute atomic E-state index is 12.4. The van der Waals surface area contributed by atoms with Crippen LogP contribution in [-0.2, 0) is 4.79 Å². The van der Waals surface area contributed by atoms with Gasteiger partial charge in [0, 0.05) is 12.1 Å². The summed E-state index contributed by atoms with van der Waals surface area (Å²) in [6, 6.07) is 8.08. The molecule has 1 fully saturated rings. The van der Waals surface area contributed by atoms with E-state index >= 15 is 0 Å². The van der Waals surface area contributed by atoms with Gasteiger partial charge in [-0.05, 0) is 31.4 Å². The smallest absolute Gasteiger partial charge is 0.251 e. The number of benzene rings is 1. The lowest BCUT2D eigenvalue weighted by Gasteiger charge is -2.28. The molecule has 5 nitrogen and oxygen atoms in total. The third kappa shape index (κ3) is 3.42. The van der Waals surface area contributed by atoms with Crippen LogP contribution in [0.4, 0.5) is 0 Å². The maximum atomic E-state index is 12.4. The first-order valence-corrected chi connectivity index (χ1v) is 7.32. The molecule has 0 spiro atoms. The summed E-state index contributed by atoms with van der Waals surface area (Å²) in [6.07, 6.45) is 0.885. The van der Waals surface area contributed by atoms with E-state index < -0.39 is 6.04 Å². The molecule has 1 aliphatic rings. The van der Waals surface area contributed by atoms with E-state index in [9.17, 15) is 14.7 Å². The Labute approximate surface area is 125 Å². The van der Waals surface area contributed by atoms with Gasteiger partial charge in [0.25, 0.3) is 5.91 Å². The van der Waals surface area contributed by atoms with Gasteiger partial charge in [0.15, 0.2) is 0 Å². The van der Waals surface area contributed by atoms with Crippen LogP contribution in [0.3, 0.4) is 0 Å². The second kappa shape index (κ2) is 6.72. The summed E-state index contributed by atoms with van der Waals surface area (Å²) in [5, 5.41) is 12.1. The summed E-state index contributed by atoms with van der Waals surface area (Å²) in [5.41, 5.74) is 0.533. The van der Waals surface area contributed by atoms with Gasteiger partial charge in [-0.15, -0.1) is 0 Å². The predicted octanol–water partition coefficient (Wildman–Crippen LogP) is 1.03. The minimum Gasteiger partial charge on any atom is -0.394 e. The van der Waals surface area contributed by atoms with Gasteiger partial charge in [-0.1, -0.05) is 25.1 Å². The molecule has 3 unspecified atom stereocenters. The highest BCUT2D eigenvalue weighted by Crippen LogP contribution is 2.24. The summed E-state index contributed by atoms with van der Waals surface area (Å²) in [7, 11) is 0. The van der Waals surface area contributed by atoms with Crippen molar-refractivity contribution in [1.82, 2.24) is 10.2 Å². The molecule has 0 bridgehead atoms. The fraction of sp³-hybridized carbons (Fsp3) is 0.500. The molecular formula is C16H22N2O3. The maximum Gasteiger partial charge on any atom is 0.251 e. The Morgan fingerprint density at radius 3 is 2.67 bits per heavy atom. The van der Waals surface area contributed by atoms with Gasteiger partial charge in [-0.2, -0.15) is 0 Å². The largest absolute Gasteiger partial charge is 0.394 e. The molecule has 1 saturated heterocycles. The Bertz CT molecular complexity index is 504. The highest BCUT2D eigenvalue weighted by Gasteiger charge is 2.35. The van der Waals surface area contributed by atoms with Gasteiger partial charge >= 0.3 is 0 Å². The van der Waals surface area contributed by atoms with Crippen LogP contribution in [0.25, 0.3) is 0 Å². The lowest BCUT2D eigenvalue weighted by Crippen LogP contribution is -2.50. The van der Waals surface area contributed by atoms with Crippen LogP contribution in [0.5, 0.6) is 0 Å². The van der Waals surface area contributed by atoms with E-state index in [-0.39, 0.29) is 30.4 Å². The average molecular weight is 290 g/mol. The van der Waals surface area contributed by atoms with Gasteiger partial charge in [-0.3, -0.25) is 9.59 Å². The summed E-state index contributed by atoms with van der Waals surface area (Å²) in [4.78, 5) is 26.2. The third-order valence-electron chi connectivity index (χ3n) is 4.11. The molecule has 0 aliphatic carbocycles. The van der Waals surface area contributed by atoms with Crippen LogP contribution in [0, 0.1) is 5.92 Å². The topological polar surface area (TPSA) is 69.6 Å². The Kier molecular flexibility index (Phi) is 4.96. The number of rotatable bonds is 4. The molecule has 0 aromatic heterocycles. The van der Waals surface area contributed by atoms with E-state index in [0.717, 1.165) is 6.42 Å². The van der Waals surface area contributed by atoms with Crippen LogP contribution in [0.1, 0.15) is 30.6 Å². The number of aliphatic hydroxyl groups excluding tert-OH is 1. The molecule has 5 heteroatoms. The van der Waals surface area contributed by atoms with Crippen LogP contribution in [0.15, 0.2) is 30.3 Å². The second-order valence-corrected chi connectivity index (χ2v) is 5.61. The van der Waals surface area contributed by atoms with Gasteiger partial charge in [0.1, 0.15) is 6.04 Å². The minimum absolute atomic E-state index is 0.0355. The second-order valence-electron chi connectivity index (χ2n) is 5.61. The molecule has 2 amide bonds. The number of aliphatic hydroxyl groups is 1. The molecule has 2 rings (SSSR count). The zero-order valence-electron chi connectivity index (χ0n) is 12.5. The highest BCUT2D eigenvalue weighted by atomic mass is 16.3. The van der Waals surface area contributed by atoms with E-state index in [4.69, 9.17) is 0 Å². The number of carbonyl (C=O) groups excluding carboxylic acids is 2. The molecule has 2 N–H and O–H groups in total. The number of hydrogen-bond donors (Lipinski definition) is 2. The van der Waals surface area contributed by atoms with E-state index in [2.05, 4.69) is 5.32 Å². The fourth-order valence-corrected chi connectivity index (χ4v) is 2.74. The van der Waals surface area contributed by atoms with Crippen molar-refractivity contribution in [2.75, 3.05) is 13.2 Å². The predicted molar refractivity (Wildman–Crippen MR) is 79.7 cm³/mol. The average Bonchev–Trinajstić information content (AvgIpc) is 2.88. The van der Waals surface area contributed by atoms with Crippen LogP contribution in [0.2, 0.25) is 0 Å². The quantitative estimate of drug-likeness (QED) is 0.870. The summed E-state index contributed by atoms with van der Waals surface area (Å²) in [5.74, 6) is -0.108. The Hall–Kier alpha value is -1.88. The summed E-state index contributed by atoms with van der Waals surface area (Å²) < 4.78 is 0. The molecule has 114 valence electrons. The fourth-order valence-electron chi connectivity index (χ4n) is 2.74. The SMILES string of the molecule is CC(NC(=O)c1ccccc1)C(=O)N1CCC(C)C1CO. The number of likely N-dealkylation sites (tertiary alicyclic amines) is 1. The first kappa shape index (κ1) is 15.5. The van der Waals surface area contributed by atoms with Crippen molar-refractivity contribution in [3.05, 3.63) is 35.9 Å². The first-order valence-electron chi connectivity index (χ1n) is 7.32. The molecule has 0 saturated carbocycles. The van der Waals surface area contributed by atoms with Crippen molar-refractivity contribution >= 4 is 11.8 Å². The van der Waals surface area contributed by atoms with Gasteiger partial charge in [0.2, 0.25) is 5.91 Å². The normalized spacial score (nSPS) is 22.9. The molecule has 1 heterocycles. The monoisotopic (exact) mass is 290 g/mol. The molecule has 1 aromatic rings. The molecule has 3 atom stereocenters. The number of nitrogens with zero attached hydrogens (tertiary/aromatic N) is 1. The molecular weight excluding hydrogens is 268 g/mol. The van der Waals surface area contributed by atoms with Crippen molar-refractivity contribution in [3.63, 3.8) is 0 Å². The van der Waals surface area contributed by atoms with Crippen molar-refractivity contribution in [2.45, 2.75) is 32.4 Å². The Balaban J connectivity index is 1.98. The van der Waals surface area contributed by atoms with Crippen molar-refractivity contribution in [3.8, 4) is 0 Å². The highest BCUT2D eigenvalue weighted by molar-refractivity contribution is 5.97. The Morgan fingerprint density at radius 1 is 1.38 bits per heavy atom. The van der Waals surface area contributed by atoms with E-state index in [1.165, 1.54) is 0 Å². The first-order chi connectivity index (χ1) is 10.0. The molecule has 1 aromatic carbocycles. The van der Waals surface area contributed by atoms with Crippen LogP contribution < -0.4 is 5.32 Å². The van der Waals surface area contributed by atoms with Crippen LogP contribution >= 0.6 is 0 Å². The number of amides is 2. The van der Waals surface area contributed by atoms with Crippen molar-refractivity contribution in [2.24, 2.45) is 5.92 Å². The van der Waals surface area contributed by atoms with Gasteiger partial charge in [0.05, 0.1) is 12.6 Å². The standard InChI is InChI=1S/C16H22N2O3/c1-11-8-9-18(14(11)10-19)16(21)12(2)17-15(20)13-6-4-3-5-7-13/h3-7,11-12,14,19H,8-10H2,1-2H3,(H,17,20). The lowest BCUT2D eigenvalue weighted by atomic mass is 10.0. The van der Waals surface area contributed by atoms with Crippen molar-refractivity contribution in [1.29, 1.82) is 0 Å². The van der Waals surface area contributed by atoms with Gasteiger partial charge < -0.3 is 15.3 Å². The number of hydrogen-bond acceptors (Lipinski definition) is 3. The van der Waals surface area contributed by atoms with E-state index in [1.807, 2.05) is 13.0 Å². The molecule has 1 aliphatic heterocycles. The zero-order chi connectivity index (χ0) is 15.4. The number of nitrogens with one attached hydrogen (secondary N) is 1. The Morgan fingerprint density at radius 2 is 2.05 bits per heavy atom. The zero-order valence-corrected chi connectivity index (χ0v) is 12.5. The third-order valence-corrected chi connectivity index (χ3v) is 4.11. The van der Waals surface area contributed by atoms with E-state index in [1.54, 1.807) is 36.1 Å². The van der Waals surface area contributed by atoms with Crippen molar-refractivity contribution < 1.29 is 14.7 Å². The summed E-state index contributed by atoms with van der Waals surface area (Å²) in [6.45, 7) is 4.31. The van der Waals surface area contributed by atoms with E-state index in [0.29, 0.717) is 12.1 Å². The lowest BCUT2D eigenvalue weighted by molar-refractivity contribution is -0.134. The molecule has 21 heavy (non-hydrogen) atoms.